The molecule has 6 nitrogen and oxygen atoms in total. The lowest BCUT2D eigenvalue weighted by atomic mass is 9.98. The molecule has 0 saturated carbocycles. The highest BCUT2D eigenvalue weighted by Gasteiger charge is 2.22. The van der Waals surface area contributed by atoms with Crippen molar-refractivity contribution in [1.82, 2.24) is 0 Å². The van der Waals surface area contributed by atoms with Crippen molar-refractivity contribution < 1.29 is 24.7 Å². The van der Waals surface area contributed by atoms with Crippen LogP contribution in [0.4, 0.5) is 0 Å². The summed E-state index contributed by atoms with van der Waals surface area (Å²) in [5.74, 6) is -1.23. The van der Waals surface area contributed by atoms with E-state index in [4.69, 9.17) is 4.42 Å². The van der Waals surface area contributed by atoms with Crippen LogP contribution < -0.4 is 16.0 Å². The van der Waals surface area contributed by atoms with Crippen molar-refractivity contribution in [1.29, 1.82) is 0 Å². The minimum Gasteiger partial charge on any atom is -0.544 e. The van der Waals surface area contributed by atoms with Crippen LogP contribution in [0.5, 0.6) is 5.75 Å². The molecule has 136 valence electrons. The highest BCUT2D eigenvalue weighted by Crippen LogP contribution is 2.28. The average molecular weight is 347 g/mol. The van der Waals surface area contributed by atoms with E-state index in [1.54, 1.807) is 17.4 Å². The highest BCUT2D eigenvalue weighted by molar-refractivity contribution is 5.85. The summed E-state index contributed by atoms with van der Waals surface area (Å²) in [5, 5.41) is 24.0. The molecule has 1 heterocycles. The number of nitrogens with two attached hydrogens (primary N) is 1. The molecule has 0 amide bonds. The van der Waals surface area contributed by atoms with Crippen LogP contribution in [0.25, 0.3) is 11.0 Å². The van der Waals surface area contributed by atoms with Crippen molar-refractivity contribution in [3.05, 3.63) is 39.7 Å². The Morgan fingerprint density at radius 3 is 2.68 bits per heavy atom. The summed E-state index contributed by atoms with van der Waals surface area (Å²) in [6, 6.07) is 4.03. The monoisotopic (exact) mass is 347 g/mol. The van der Waals surface area contributed by atoms with Crippen LogP contribution in [0, 0.1) is 5.92 Å². The van der Waals surface area contributed by atoms with Gasteiger partial charge in [0.2, 0.25) is 0 Å². The fourth-order valence-electron chi connectivity index (χ4n) is 3.07. The largest absolute Gasteiger partial charge is 0.544 e. The van der Waals surface area contributed by atoms with Crippen LogP contribution in [0.2, 0.25) is 0 Å². The molecule has 2 atom stereocenters. The van der Waals surface area contributed by atoms with Gasteiger partial charge in [0.05, 0.1) is 11.5 Å². The lowest BCUT2D eigenvalue weighted by Crippen LogP contribution is -2.93. The zero-order valence-electron chi connectivity index (χ0n) is 14.9. The summed E-state index contributed by atoms with van der Waals surface area (Å²) in [6.07, 6.45) is 2.30. The quantitative estimate of drug-likeness (QED) is 0.683. The number of rotatable bonds is 8. The van der Waals surface area contributed by atoms with E-state index >= 15 is 0 Å². The lowest BCUT2D eigenvalue weighted by molar-refractivity contribution is -0.704. The van der Waals surface area contributed by atoms with Gasteiger partial charge in [-0.3, -0.25) is 0 Å². The van der Waals surface area contributed by atoms with E-state index in [-0.39, 0.29) is 18.2 Å². The third-order valence-electron chi connectivity index (χ3n) is 4.70. The van der Waals surface area contributed by atoms with Crippen LogP contribution in [-0.2, 0) is 17.8 Å². The molecule has 0 saturated heterocycles. The van der Waals surface area contributed by atoms with Crippen LogP contribution in [-0.4, -0.2) is 17.1 Å². The Balaban J connectivity index is 2.45. The van der Waals surface area contributed by atoms with E-state index in [9.17, 15) is 19.8 Å². The second-order valence-electron chi connectivity index (χ2n) is 6.45. The van der Waals surface area contributed by atoms with E-state index in [0.29, 0.717) is 17.6 Å². The number of carboxylic acids is 1. The maximum absolute atomic E-state index is 11.9. The number of quaternary nitrogens is 1. The summed E-state index contributed by atoms with van der Waals surface area (Å²) in [4.78, 5) is 23.3. The summed E-state index contributed by atoms with van der Waals surface area (Å²) in [5.41, 5.74) is 1.16. The normalized spacial score (nSPS) is 13.7. The zero-order chi connectivity index (χ0) is 18.6. The second kappa shape index (κ2) is 8.16. The number of aryl methyl sites for hydroxylation is 1. The molecular formula is C19H25NO5. The van der Waals surface area contributed by atoms with E-state index in [2.05, 4.69) is 0 Å². The fraction of sp³-hybridized carbons (Fsp3) is 0.474. The van der Waals surface area contributed by atoms with Gasteiger partial charge in [-0.15, -0.1) is 0 Å². The van der Waals surface area contributed by atoms with Crippen molar-refractivity contribution in [2.75, 3.05) is 0 Å². The van der Waals surface area contributed by atoms with E-state index < -0.39 is 17.6 Å². The number of carboxylic acid groups (broad SMARTS) is 1. The molecule has 6 heteroatoms. The number of phenolic OH excluding ortho intramolecular Hbond substituents is 1. The van der Waals surface area contributed by atoms with Gasteiger partial charge in [-0.1, -0.05) is 27.2 Å². The Labute approximate surface area is 146 Å². The molecular weight excluding hydrogens is 322 g/mol. The Bertz CT molecular complexity index is 811. The van der Waals surface area contributed by atoms with Crippen molar-refractivity contribution in [3.63, 3.8) is 0 Å². The molecule has 25 heavy (non-hydrogen) atoms. The van der Waals surface area contributed by atoms with Crippen molar-refractivity contribution in [3.8, 4) is 5.75 Å². The molecule has 0 spiro atoms. The Morgan fingerprint density at radius 2 is 2.08 bits per heavy atom. The molecule has 0 fully saturated rings. The third-order valence-corrected chi connectivity index (χ3v) is 4.70. The minimum atomic E-state index is -1.14. The Kier molecular flexibility index (Phi) is 6.20. The van der Waals surface area contributed by atoms with Gasteiger partial charge in [-0.05, 0) is 30.5 Å². The van der Waals surface area contributed by atoms with Crippen molar-refractivity contribution in [2.45, 2.75) is 52.6 Å². The van der Waals surface area contributed by atoms with Gasteiger partial charge in [0.15, 0.2) is 5.58 Å². The molecule has 0 bridgehead atoms. The number of benzene rings is 1. The van der Waals surface area contributed by atoms with Gasteiger partial charge >= 0.3 is 5.63 Å². The number of carbonyl (C=O) groups is 1. The molecule has 2 rings (SSSR count). The van der Waals surface area contributed by atoms with Gasteiger partial charge in [0, 0.05) is 17.4 Å². The molecule has 0 aliphatic rings. The van der Waals surface area contributed by atoms with Crippen molar-refractivity contribution in [2.24, 2.45) is 5.92 Å². The molecule has 0 radical (unpaired) electrons. The molecule has 3 N–H and O–H groups in total. The first-order chi connectivity index (χ1) is 11.9. The maximum atomic E-state index is 11.9. The fourth-order valence-corrected chi connectivity index (χ4v) is 3.07. The molecule has 0 unspecified atom stereocenters. The number of carbonyl (C=O) groups excluding carboxylic acids is 1. The maximum Gasteiger partial charge on any atom is 0.336 e. The smallest absolute Gasteiger partial charge is 0.336 e. The third kappa shape index (κ3) is 4.20. The number of aliphatic carboxylic acids is 1. The second-order valence-corrected chi connectivity index (χ2v) is 6.45. The van der Waals surface area contributed by atoms with Gasteiger partial charge in [-0.2, -0.15) is 0 Å². The predicted molar refractivity (Wildman–Crippen MR) is 92.0 cm³/mol. The van der Waals surface area contributed by atoms with Gasteiger partial charge in [-0.25, -0.2) is 4.79 Å². The molecule has 0 aliphatic heterocycles. The van der Waals surface area contributed by atoms with Crippen LogP contribution >= 0.6 is 0 Å². The number of aromatic hydroxyl groups is 1. The van der Waals surface area contributed by atoms with Gasteiger partial charge < -0.3 is 24.7 Å². The average Bonchev–Trinajstić information content (AvgIpc) is 2.56. The SMILES string of the molecule is CCCc1cc(=O)oc2c(C[NH2+][C@@H](C(=O)[O-])[C@H](C)CC)c(O)ccc12. The summed E-state index contributed by atoms with van der Waals surface area (Å²) in [7, 11) is 0. The van der Waals surface area contributed by atoms with Crippen LogP contribution in [0.3, 0.4) is 0 Å². The van der Waals surface area contributed by atoms with E-state index in [1.165, 1.54) is 6.07 Å². The van der Waals surface area contributed by atoms with Gasteiger partial charge in [0.25, 0.3) is 0 Å². The topological polar surface area (TPSA) is 107 Å². The summed E-state index contributed by atoms with van der Waals surface area (Å²) < 4.78 is 5.34. The molecule has 2 aromatic rings. The van der Waals surface area contributed by atoms with E-state index in [0.717, 1.165) is 23.8 Å². The lowest BCUT2D eigenvalue weighted by Gasteiger charge is -2.22. The Morgan fingerprint density at radius 1 is 1.36 bits per heavy atom. The Hall–Kier alpha value is -2.34. The number of phenols is 1. The summed E-state index contributed by atoms with van der Waals surface area (Å²) in [6.45, 7) is 5.97. The van der Waals surface area contributed by atoms with E-state index in [1.807, 2.05) is 20.8 Å². The van der Waals surface area contributed by atoms with Crippen LogP contribution in [0.15, 0.2) is 27.4 Å². The zero-order valence-corrected chi connectivity index (χ0v) is 14.9. The molecule has 1 aromatic heterocycles. The molecule has 0 aliphatic carbocycles. The standard InChI is InChI=1S/C19H25NO5/c1-4-6-12-9-16(22)25-18-13(12)7-8-15(21)14(18)10-20-17(19(23)24)11(3)5-2/h7-9,11,17,20-21H,4-6,10H2,1-3H3,(H,23,24)/t11-,17-/m1/s1. The highest BCUT2D eigenvalue weighted by atomic mass is 16.4. The first-order valence-electron chi connectivity index (χ1n) is 8.70. The van der Waals surface area contributed by atoms with Gasteiger partial charge in [0.1, 0.15) is 18.3 Å². The number of hydrogen-bond donors (Lipinski definition) is 2. The van der Waals surface area contributed by atoms with Crippen LogP contribution in [0.1, 0.15) is 44.7 Å². The first kappa shape index (κ1) is 19.0. The van der Waals surface area contributed by atoms with Crippen molar-refractivity contribution >= 4 is 16.9 Å². The first-order valence-corrected chi connectivity index (χ1v) is 8.70. The summed E-state index contributed by atoms with van der Waals surface area (Å²) >= 11 is 0. The predicted octanol–water partition coefficient (Wildman–Crippen LogP) is 0.679. The minimum absolute atomic E-state index is 0.0122. The number of fused-ring (bicyclic) bond motifs is 1. The molecule has 1 aromatic carbocycles. The number of hydrogen-bond acceptors (Lipinski definition) is 5.